The molecule has 0 saturated carbocycles. The SMILES string of the molecule is N#Cc1ccc(C(=O)N2CCC3(CC2)O[C@@H]2CC[C@@H](c4cc(F)cc(F)c4)N2C3=O)c(Cl)c1. The van der Waals surface area contributed by atoms with Crippen molar-refractivity contribution in [1.82, 2.24) is 9.80 Å². The lowest BCUT2D eigenvalue weighted by molar-refractivity contribution is -0.142. The highest BCUT2D eigenvalue weighted by Crippen LogP contribution is 2.47. The van der Waals surface area contributed by atoms with Crippen molar-refractivity contribution in [2.45, 2.75) is 43.6 Å². The second-order valence-corrected chi connectivity index (χ2v) is 9.08. The van der Waals surface area contributed by atoms with Crippen LogP contribution in [0.4, 0.5) is 8.78 Å². The number of carbonyl (C=O) groups excluding carboxylic acids is 2. The van der Waals surface area contributed by atoms with E-state index in [0.717, 1.165) is 6.07 Å². The molecule has 2 aromatic carbocycles. The lowest BCUT2D eigenvalue weighted by atomic mass is 9.89. The third-order valence-electron chi connectivity index (χ3n) is 6.78. The highest BCUT2D eigenvalue weighted by molar-refractivity contribution is 6.34. The van der Waals surface area contributed by atoms with Gasteiger partial charge in [0.15, 0.2) is 5.60 Å². The van der Waals surface area contributed by atoms with Gasteiger partial charge in [-0.1, -0.05) is 11.6 Å². The fourth-order valence-corrected chi connectivity index (χ4v) is 5.40. The Morgan fingerprint density at radius 3 is 2.45 bits per heavy atom. The van der Waals surface area contributed by atoms with Gasteiger partial charge in [0.1, 0.15) is 17.9 Å². The van der Waals surface area contributed by atoms with Crippen LogP contribution in [0.25, 0.3) is 0 Å². The normalized spacial score (nSPS) is 23.6. The molecular weight excluding hydrogens is 452 g/mol. The van der Waals surface area contributed by atoms with Gasteiger partial charge in [-0.05, 0) is 48.7 Å². The molecule has 1 spiro atoms. The smallest absolute Gasteiger partial charge is 0.257 e. The molecule has 0 unspecified atom stereocenters. The minimum absolute atomic E-state index is 0.192. The number of nitriles is 1. The van der Waals surface area contributed by atoms with Gasteiger partial charge in [-0.3, -0.25) is 9.59 Å². The minimum atomic E-state index is -1.04. The number of likely N-dealkylation sites (tertiary alicyclic amines) is 1. The Bertz CT molecular complexity index is 1170. The summed E-state index contributed by atoms with van der Waals surface area (Å²) >= 11 is 6.19. The van der Waals surface area contributed by atoms with Gasteiger partial charge in [-0.2, -0.15) is 5.26 Å². The molecule has 0 aromatic heterocycles. The number of fused-ring (bicyclic) bond motifs is 1. The number of amides is 2. The van der Waals surface area contributed by atoms with Crippen LogP contribution in [0.5, 0.6) is 0 Å². The van der Waals surface area contributed by atoms with E-state index in [0.29, 0.717) is 55.5 Å². The van der Waals surface area contributed by atoms with Crippen LogP contribution in [0.2, 0.25) is 5.02 Å². The Hall–Kier alpha value is -3.02. The molecule has 3 fully saturated rings. The second kappa shape index (κ2) is 8.08. The highest BCUT2D eigenvalue weighted by atomic mass is 35.5. The van der Waals surface area contributed by atoms with Gasteiger partial charge in [-0.25, -0.2) is 8.78 Å². The van der Waals surface area contributed by atoms with E-state index < -0.39 is 29.5 Å². The van der Waals surface area contributed by atoms with E-state index in [4.69, 9.17) is 21.6 Å². The fourth-order valence-electron chi connectivity index (χ4n) is 5.14. The Labute approximate surface area is 194 Å². The first-order chi connectivity index (χ1) is 15.8. The number of rotatable bonds is 2. The van der Waals surface area contributed by atoms with Crippen LogP contribution >= 0.6 is 11.6 Å². The maximum Gasteiger partial charge on any atom is 0.257 e. The zero-order valence-electron chi connectivity index (χ0n) is 17.6. The number of nitrogens with zero attached hydrogens (tertiary/aromatic N) is 3. The molecule has 2 aromatic rings. The molecule has 0 bridgehead atoms. The van der Waals surface area contributed by atoms with E-state index in [1.165, 1.54) is 30.3 Å². The van der Waals surface area contributed by atoms with Gasteiger partial charge in [0.25, 0.3) is 11.8 Å². The molecule has 0 N–H and O–H groups in total. The average Bonchev–Trinajstić information content (AvgIpc) is 3.31. The van der Waals surface area contributed by atoms with Gasteiger partial charge in [0, 0.05) is 32.0 Å². The minimum Gasteiger partial charge on any atom is -0.342 e. The lowest BCUT2D eigenvalue weighted by Gasteiger charge is -2.37. The summed E-state index contributed by atoms with van der Waals surface area (Å²) in [7, 11) is 0. The topological polar surface area (TPSA) is 73.6 Å². The summed E-state index contributed by atoms with van der Waals surface area (Å²) in [5, 5.41) is 9.19. The maximum atomic E-state index is 13.8. The molecule has 0 radical (unpaired) electrons. The summed E-state index contributed by atoms with van der Waals surface area (Å²) in [5.41, 5.74) is 0.0547. The van der Waals surface area contributed by atoms with Crippen molar-refractivity contribution in [3.05, 3.63) is 69.7 Å². The van der Waals surface area contributed by atoms with Crippen LogP contribution in [-0.2, 0) is 9.53 Å². The summed E-state index contributed by atoms with van der Waals surface area (Å²) in [4.78, 5) is 29.6. The number of benzene rings is 2. The number of hydrogen-bond donors (Lipinski definition) is 0. The Balaban J connectivity index is 1.31. The van der Waals surface area contributed by atoms with Crippen LogP contribution in [0.3, 0.4) is 0 Å². The number of ether oxygens (including phenoxy) is 1. The van der Waals surface area contributed by atoms with Crippen LogP contribution in [0.1, 0.15) is 53.2 Å². The highest BCUT2D eigenvalue weighted by Gasteiger charge is 2.58. The molecule has 3 saturated heterocycles. The summed E-state index contributed by atoms with van der Waals surface area (Å²) < 4.78 is 33.7. The quantitative estimate of drug-likeness (QED) is 0.658. The first kappa shape index (κ1) is 21.8. The molecule has 3 aliphatic heterocycles. The van der Waals surface area contributed by atoms with Gasteiger partial charge < -0.3 is 14.5 Å². The van der Waals surface area contributed by atoms with E-state index in [1.54, 1.807) is 9.80 Å². The molecule has 0 aliphatic carbocycles. The first-order valence-electron chi connectivity index (χ1n) is 10.8. The largest absolute Gasteiger partial charge is 0.342 e. The maximum absolute atomic E-state index is 13.8. The van der Waals surface area contributed by atoms with Crippen molar-refractivity contribution in [2.24, 2.45) is 0 Å². The number of piperidine rings is 1. The van der Waals surface area contributed by atoms with Gasteiger partial charge in [-0.15, -0.1) is 0 Å². The molecule has 6 nitrogen and oxygen atoms in total. The molecule has 33 heavy (non-hydrogen) atoms. The zero-order chi connectivity index (χ0) is 23.3. The zero-order valence-corrected chi connectivity index (χ0v) is 18.3. The molecule has 9 heteroatoms. The fraction of sp³-hybridized carbons (Fsp3) is 0.375. The van der Waals surface area contributed by atoms with Crippen LogP contribution in [0.15, 0.2) is 36.4 Å². The standard InChI is InChI=1S/C24H20ClF2N3O3/c25-19-9-14(13-28)1-2-18(19)22(31)29-7-5-24(6-8-29)23(32)30-20(3-4-21(30)33-24)15-10-16(26)12-17(27)11-15/h1-2,9-12,20-21H,3-8H2/t20-,21+/m0/s1. The Morgan fingerprint density at radius 2 is 1.82 bits per heavy atom. The number of carbonyl (C=O) groups is 2. The third kappa shape index (κ3) is 3.65. The van der Waals surface area contributed by atoms with Crippen LogP contribution < -0.4 is 0 Å². The van der Waals surface area contributed by atoms with Gasteiger partial charge in [0.2, 0.25) is 0 Å². The number of halogens is 3. The predicted octanol–water partition coefficient (Wildman–Crippen LogP) is 4.18. The first-order valence-corrected chi connectivity index (χ1v) is 11.1. The molecular formula is C24H20ClF2N3O3. The van der Waals surface area contributed by atoms with Crippen molar-refractivity contribution in [3.8, 4) is 6.07 Å². The summed E-state index contributed by atoms with van der Waals surface area (Å²) in [6.45, 7) is 0.613. The molecule has 3 heterocycles. The van der Waals surface area contributed by atoms with E-state index in [-0.39, 0.29) is 16.8 Å². The van der Waals surface area contributed by atoms with Crippen molar-refractivity contribution < 1.29 is 23.1 Å². The Morgan fingerprint density at radius 1 is 1.12 bits per heavy atom. The molecule has 170 valence electrons. The monoisotopic (exact) mass is 471 g/mol. The lowest BCUT2D eigenvalue weighted by Crippen LogP contribution is -2.51. The van der Waals surface area contributed by atoms with Crippen molar-refractivity contribution in [3.63, 3.8) is 0 Å². The van der Waals surface area contributed by atoms with Crippen molar-refractivity contribution >= 4 is 23.4 Å². The Kier molecular flexibility index (Phi) is 5.34. The molecule has 5 rings (SSSR count). The molecule has 2 amide bonds. The summed E-state index contributed by atoms with van der Waals surface area (Å²) in [6.07, 6.45) is 1.35. The van der Waals surface area contributed by atoms with Crippen molar-refractivity contribution in [2.75, 3.05) is 13.1 Å². The van der Waals surface area contributed by atoms with Crippen molar-refractivity contribution in [1.29, 1.82) is 5.26 Å². The summed E-state index contributed by atoms with van der Waals surface area (Å²) in [6, 6.07) is 9.40. The van der Waals surface area contributed by atoms with E-state index in [1.807, 2.05) is 6.07 Å². The molecule has 2 atom stereocenters. The van der Waals surface area contributed by atoms with E-state index >= 15 is 0 Å². The molecule has 3 aliphatic rings. The van der Waals surface area contributed by atoms with Crippen LogP contribution in [0, 0.1) is 23.0 Å². The summed E-state index contributed by atoms with van der Waals surface area (Å²) in [5.74, 6) is -1.81. The predicted molar refractivity (Wildman–Crippen MR) is 114 cm³/mol. The third-order valence-corrected chi connectivity index (χ3v) is 7.09. The van der Waals surface area contributed by atoms with Gasteiger partial charge in [0.05, 0.1) is 28.3 Å². The number of hydrogen-bond acceptors (Lipinski definition) is 4. The second-order valence-electron chi connectivity index (χ2n) is 8.67. The van der Waals surface area contributed by atoms with Crippen LogP contribution in [-0.4, -0.2) is 46.5 Å². The van der Waals surface area contributed by atoms with E-state index in [2.05, 4.69) is 0 Å². The van der Waals surface area contributed by atoms with Gasteiger partial charge >= 0.3 is 0 Å². The average molecular weight is 472 g/mol. The van der Waals surface area contributed by atoms with E-state index in [9.17, 15) is 18.4 Å².